The van der Waals surface area contributed by atoms with E-state index in [0.29, 0.717) is 21.9 Å². The lowest BCUT2D eigenvalue weighted by molar-refractivity contribution is -0.128. The molecule has 1 heterocycles. The number of nitrogens with zero attached hydrogens (tertiary/aromatic N) is 2. The van der Waals surface area contributed by atoms with Crippen molar-refractivity contribution in [1.29, 1.82) is 5.26 Å². The first kappa shape index (κ1) is 21.1. The smallest absolute Gasteiger partial charge is 0.411 e. The number of rotatable bonds is 4. The molecular weight excluding hydrogens is 453 g/mol. The van der Waals surface area contributed by atoms with E-state index in [2.05, 4.69) is 21.2 Å². The predicted molar refractivity (Wildman–Crippen MR) is 111 cm³/mol. The fraction of sp³-hybridized carbons (Fsp3) is 0.591. The van der Waals surface area contributed by atoms with E-state index >= 15 is 0 Å². The average Bonchev–Trinajstić information content (AvgIpc) is 3.25. The topological polar surface area (TPSA) is 82.4 Å². The van der Waals surface area contributed by atoms with E-state index in [1.54, 1.807) is 37.8 Å². The second kappa shape index (κ2) is 7.52. The van der Waals surface area contributed by atoms with Gasteiger partial charge in [-0.1, -0.05) is 22.0 Å². The van der Waals surface area contributed by atoms with Crippen LogP contribution >= 0.6 is 15.9 Å². The highest BCUT2D eigenvalue weighted by Crippen LogP contribution is 2.63. The first-order valence-electron chi connectivity index (χ1n) is 10.2. The molecule has 3 aliphatic rings. The zero-order valence-corrected chi connectivity index (χ0v) is 18.8. The molecule has 1 aromatic rings. The lowest BCUT2D eigenvalue weighted by atomic mass is 9.95. The summed E-state index contributed by atoms with van der Waals surface area (Å²) in [4.78, 5) is 27.6. The molecule has 0 radical (unpaired) electrons. The number of fused-ring (bicyclic) bond motifs is 5. The lowest BCUT2D eigenvalue weighted by Gasteiger charge is -2.35. The summed E-state index contributed by atoms with van der Waals surface area (Å²) in [5.74, 6) is 0.221. The number of halogens is 2. The van der Waals surface area contributed by atoms with Crippen LogP contribution in [-0.2, 0) is 16.0 Å². The molecule has 2 bridgehead atoms. The molecule has 4 rings (SSSR count). The molecule has 8 heteroatoms. The lowest BCUT2D eigenvalue weighted by Crippen LogP contribution is -2.56. The molecule has 1 N–H and O–H groups in total. The minimum absolute atomic E-state index is 0.0232. The van der Waals surface area contributed by atoms with Crippen molar-refractivity contribution in [1.82, 2.24) is 10.2 Å². The molecular formula is C22H25BrFN3O3. The molecule has 1 aliphatic heterocycles. The minimum Gasteiger partial charge on any atom is -0.444 e. The van der Waals surface area contributed by atoms with Crippen LogP contribution in [-0.4, -0.2) is 40.6 Å². The summed E-state index contributed by atoms with van der Waals surface area (Å²) in [5, 5.41) is 12.3. The van der Waals surface area contributed by atoms with E-state index in [4.69, 9.17) is 4.74 Å². The van der Waals surface area contributed by atoms with Gasteiger partial charge >= 0.3 is 6.09 Å². The van der Waals surface area contributed by atoms with Crippen molar-refractivity contribution in [2.45, 2.75) is 63.8 Å². The molecule has 2 aliphatic carbocycles. The van der Waals surface area contributed by atoms with Crippen molar-refractivity contribution in [3.05, 3.63) is 34.1 Å². The van der Waals surface area contributed by atoms with E-state index in [1.165, 1.54) is 6.07 Å². The van der Waals surface area contributed by atoms with Crippen molar-refractivity contribution >= 4 is 27.9 Å². The van der Waals surface area contributed by atoms with Crippen molar-refractivity contribution < 1.29 is 18.7 Å². The molecule has 6 nitrogen and oxygen atoms in total. The first-order chi connectivity index (χ1) is 14.1. The fourth-order valence-electron chi connectivity index (χ4n) is 5.07. The van der Waals surface area contributed by atoms with Gasteiger partial charge in [0.25, 0.3) is 0 Å². The van der Waals surface area contributed by atoms with E-state index in [0.717, 1.165) is 12.8 Å². The maximum absolute atomic E-state index is 14.2. The summed E-state index contributed by atoms with van der Waals surface area (Å²) in [6.07, 6.45) is 1.41. The van der Waals surface area contributed by atoms with Crippen molar-refractivity contribution in [3.8, 4) is 6.07 Å². The Hall–Kier alpha value is -2.14. The summed E-state index contributed by atoms with van der Waals surface area (Å²) in [6.45, 7) is 5.39. The number of amides is 2. The maximum Gasteiger partial charge on any atom is 0.411 e. The molecule has 2 amide bonds. The quantitative estimate of drug-likeness (QED) is 0.714. The van der Waals surface area contributed by atoms with Crippen LogP contribution in [0, 0.1) is 34.9 Å². The Bertz CT molecular complexity index is 925. The van der Waals surface area contributed by atoms with Crippen LogP contribution in [0.3, 0.4) is 0 Å². The summed E-state index contributed by atoms with van der Waals surface area (Å²) in [5.41, 5.74) is -0.304. The SMILES string of the molecule is CC(C)(C)OC(=O)N1[C@H](C(=O)N[C@H](C#N)Cc2ccc(Br)cc2F)[C@@H]2C[C@H]1[C@H]1C[C@@H]21. The van der Waals surface area contributed by atoms with Gasteiger partial charge in [-0.25, -0.2) is 9.18 Å². The van der Waals surface area contributed by atoms with Crippen LogP contribution < -0.4 is 5.32 Å². The van der Waals surface area contributed by atoms with Crippen molar-refractivity contribution in [2.75, 3.05) is 0 Å². The molecule has 0 unspecified atom stereocenters. The van der Waals surface area contributed by atoms with Crippen LogP contribution in [0.4, 0.5) is 9.18 Å². The molecule has 6 atom stereocenters. The molecule has 0 spiro atoms. The number of likely N-dealkylation sites (tertiary alicyclic amines) is 1. The number of nitrogens with one attached hydrogen (secondary N) is 1. The third-order valence-electron chi connectivity index (χ3n) is 6.30. The average molecular weight is 478 g/mol. The highest BCUT2D eigenvalue weighted by molar-refractivity contribution is 9.10. The highest BCUT2D eigenvalue weighted by Gasteiger charge is 2.67. The van der Waals surface area contributed by atoms with Gasteiger partial charge in [-0.2, -0.15) is 5.26 Å². The number of carbonyl (C=O) groups is 2. The molecule has 2 saturated carbocycles. The molecule has 160 valence electrons. The van der Waals surface area contributed by atoms with Crippen LogP contribution in [0.25, 0.3) is 0 Å². The molecule has 1 saturated heterocycles. The van der Waals surface area contributed by atoms with E-state index in [-0.39, 0.29) is 24.3 Å². The third-order valence-corrected chi connectivity index (χ3v) is 6.79. The molecule has 3 fully saturated rings. The van der Waals surface area contributed by atoms with Gasteiger partial charge in [0, 0.05) is 16.9 Å². The normalized spacial score (nSPS) is 29.7. The largest absolute Gasteiger partial charge is 0.444 e. The first-order valence-corrected chi connectivity index (χ1v) is 11.0. The summed E-state index contributed by atoms with van der Waals surface area (Å²) >= 11 is 3.21. The van der Waals surface area contributed by atoms with Crippen LogP contribution in [0.2, 0.25) is 0 Å². The Morgan fingerprint density at radius 3 is 2.70 bits per heavy atom. The van der Waals surface area contributed by atoms with Crippen LogP contribution in [0.1, 0.15) is 39.2 Å². The number of hydrogen-bond donors (Lipinski definition) is 1. The third kappa shape index (κ3) is 3.92. The van der Waals surface area contributed by atoms with Gasteiger partial charge in [0.2, 0.25) is 5.91 Å². The standard InChI is InChI=1S/C22H25BrFN3O3/c1-22(2,3)30-21(29)27-18-9-16(14-8-15(14)18)19(27)20(28)26-13(10-25)6-11-4-5-12(23)7-17(11)24/h4-5,7,13-16,18-19H,6,8-9H2,1-3H3,(H,26,28)/t13-,14+,15-,16+,18-,19-/m0/s1. The van der Waals surface area contributed by atoms with Gasteiger partial charge in [-0.15, -0.1) is 0 Å². The van der Waals surface area contributed by atoms with Gasteiger partial charge in [0.05, 0.1) is 6.07 Å². The van der Waals surface area contributed by atoms with Gasteiger partial charge in [-0.3, -0.25) is 9.69 Å². The van der Waals surface area contributed by atoms with E-state index in [9.17, 15) is 19.2 Å². The highest BCUT2D eigenvalue weighted by atomic mass is 79.9. The van der Waals surface area contributed by atoms with Gasteiger partial charge in [0.1, 0.15) is 23.5 Å². The van der Waals surface area contributed by atoms with E-state index < -0.39 is 29.6 Å². The number of piperidine rings is 1. The second-order valence-electron chi connectivity index (χ2n) is 9.49. The fourth-order valence-corrected chi connectivity index (χ4v) is 5.41. The number of carbonyl (C=O) groups excluding carboxylic acids is 2. The number of nitriles is 1. The number of benzene rings is 1. The Kier molecular flexibility index (Phi) is 5.29. The van der Waals surface area contributed by atoms with Gasteiger partial charge in [0.15, 0.2) is 0 Å². The van der Waals surface area contributed by atoms with Crippen molar-refractivity contribution in [2.24, 2.45) is 17.8 Å². The Morgan fingerprint density at radius 2 is 2.07 bits per heavy atom. The Morgan fingerprint density at radius 1 is 1.33 bits per heavy atom. The number of hydrogen-bond acceptors (Lipinski definition) is 4. The molecule has 1 aromatic carbocycles. The molecule has 0 aromatic heterocycles. The zero-order chi connectivity index (χ0) is 21.8. The maximum atomic E-state index is 14.2. The van der Waals surface area contributed by atoms with Crippen LogP contribution in [0.15, 0.2) is 22.7 Å². The second-order valence-corrected chi connectivity index (χ2v) is 10.4. The van der Waals surface area contributed by atoms with E-state index in [1.807, 2.05) is 6.07 Å². The van der Waals surface area contributed by atoms with Gasteiger partial charge < -0.3 is 10.1 Å². The Labute approximate surface area is 183 Å². The summed E-state index contributed by atoms with van der Waals surface area (Å²) in [7, 11) is 0. The monoisotopic (exact) mass is 477 g/mol. The number of ether oxygens (including phenoxy) is 1. The molecule has 30 heavy (non-hydrogen) atoms. The predicted octanol–water partition coefficient (Wildman–Crippen LogP) is 3.78. The van der Waals surface area contributed by atoms with Crippen LogP contribution in [0.5, 0.6) is 0 Å². The summed E-state index contributed by atoms with van der Waals surface area (Å²) in [6, 6.07) is 5.17. The Balaban J connectivity index is 1.49. The summed E-state index contributed by atoms with van der Waals surface area (Å²) < 4.78 is 20.3. The zero-order valence-electron chi connectivity index (χ0n) is 17.2. The van der Waals surface area contributed by atoms with Gasteiger partial charge in [-0.05, 0) is 69.1 Å². The minimum atomic E-state index is -0.886. The van der Waals surface area contributed by atoms with Crippen molar-refractivity contribution in [3.63, 3.8) is 0 Å².